The fourth-order valence-corrected chi connectivity index (χ4v) is 2.95. The smallest absolute Gasteiger partial charge is 0.119 e. The Bertz CT molecular complexity index is 786. The Morgan fingerprint density at radius 1 is 1.18 bits per heavy atom. The van der Waals surface area contributed by atoms with Crippen molar-refractivity contribution in [3.05, 3.63) is 102 Å². The Kier molecular flexibility index (Phi) is 10.3. The van der Waals surface area contributed by atoms with Crippen LogP contribution in [0.3, 0.4) is 0 Å². The maximum absolute atomic E-state index is 6.05. The first-order valence-electron chi connectivity index (χ1n) is 9.11. The molecule has 1 aromatic carbocycles. The summed E-state index contributed by atoms with van der Waals surface area (Å²) in [6.07, 6.45) is 12.4. The summed E-state index contributed by atoms with van der Waals surface area (Å²) in [6, 6.07) is 13.6. The van der Waals surface area contributed by atoms with Crippen molar-refractivity contribution in [2.75, 3.05) is 19.0 Å². The van der Waals surface area contributed by atoms with Crippen LogP contribution in [0.4, 0.5) is 0 Å². The van der Waals surface area contributed by atoms with E-state index in [9.17, 15) is 0 Å². The number of rotatable bonds is 12. The van der Waals surface area contributed by atoms with Gasteiger partial charge in [-0.1, -0.05) is 54.7 Å². The first kappa shape index (κ1) is 21.5. The van der Waals surface area contributed by atoms with E-state index in [2.05, 4.69) is 23.0 Å². The second-order valence-corrected chi connectivity index (χ2v) is 6.77. The molecule has 146 valence electrons. The molecule has 3 N–H and O–H groups in total. The van der Waals surface area contributed by atoms with Gasteiger partial charge in [-0.15, -0.1) is 11.8 Å². The number of benzene rings is 1. The highest BCUT2D eigenvalue weighted by Crippen LogP contribution is 2.12. The van der Waals surface area contributed by atoms with E-state index in [1.807, 2.05) is 66.1 Å². The van der Waals surface area contributed by atoms with Crippen LogP contribution in [-0.4, -0.2) is 24.0 Å². The number of hydrogen-bond acceptors (Lipinski definition) is 5. The Hall–Kier alpha value is -2.76. The summed E-state index contributed by atoms with van der Waals surface area (Å²) in [7, 11) is 0. The van der Waals surface area contributed by atoms with E-state index in [1.165, 1.54) is 5.57 Å². The molecular weight excluding hydrogens is 366 g/mol. The lowest BCUT2D eigenvalue weighted by Crippen LogP contribution is -2.16. The average molecular weight is 394 g/mol. The number of nitrogens with one attached hydrogen (secondary N) is 1. The third-order valence-electron chi connectivity index (χ3n) is 3.73. The summed E-state index contributed by atoms with van der Waals surface area (Å²) < 4.78 is 5.65. The van der Waals surface area contributed by atoms with E-state index in [1.54, 1.807) is 24.2 Å². The number of aromatic nitrogens is 1. The van der Waals surface area contributed by atoms with Crippen LogP contribution in [0.1, 0.15) is 12.0 Å². The molecule has 0 saturated heterocycles. The Balaban J connectivity index is 1.66. The van der Waals surface area contributed by atoms with Gasteiger partial charge in [-0.05, 0) is 36.1 Å². The number of thioether (sulfide) groups is 1. The maximum atomic E-state index is 6.05. The lowest BCUT2D eigenvalue weighted by molar-refractivity contribution is 0.362. The molecule has 4 nitrogen and oxygen atoms in total. The van der Waals surface area contributed by atoms with Crippen LogP contribution < -0.4 is 15.8 Å². The highest BCUT2D eigenvalue weighted by Gasteiger charge is 1.97. The normalized spacial score (nSPS) is 12.3. The van der Waals surface area contributed by atoms with Crippen LogP contribution in [0, 0.1) is 0 Å². The van der Waals surface area contributed by atoms with Gasteiger partial charge in [0, 0.05) is 36.1 Å². The van der Waals surface area contributed by atoms with Crippen molar-refractivity contribution >= 4 is 17.5 Å². The van der Waals surface area contributed by atoms with Gasteiger partial charge in [-0.2, -0.15) is 0 Å². The second kappa shape index (κ2) is 13.4. The molecule has 0 fully saturated rings. The highest BCUT2D eigenvalue weighted by molar-refractivity contribution is 8.02. The third-order valence-corrected chi connectivity index (χ3v) is 4.52. The molecule has 28 heavy (non-hydrogen) atoms. The van der Waals surface area contributed by atoms with E-state index in [4.69, 9.17) is 10.5 Å². The number of allylic oxidation sites excluding steroid dienone is 3. The monoisotopic (exact) mass is 393 g/mol. The zero-order valence-electron chi connectivity index (χ0n) is 16.0. The summed E-state index contributed by atoms with van der Waals surface area (Å²) in [6.45, 7) is 5.15. The van der Waals surface area contributed by atoms with Gasteiger partial charge in [0.2, 0.25) is 0 Å². The van der Waals surface area contributed by atoms with Crippen molar-refractivity contribution in [2.45, 2.75) is 6.42 Å². The highest BCUT2D eigenvalue weighted by atomic mass is 32.2. The Labute approximate surface area is 171 Å². The zero-order valence-corrected chi connectivity index (χ0v) is 16.8. The maximum Gasteiger partial charge on any atom is 0.119 e. The van der Waals surface area contributed by atoms with Crippen molar-refractivity contribution in [1.82, 2.24) is 10.3 Å². The second-order valence-electron chi connectivity index (χ2n) is 5.91. The largest absolute Gasteiger partial charge is 0.490 e. The van der Waals surface area contributed by atoms with Crippen molar-refractivity contribution in [1.29, 1.82) is 0 Å². The van der Waals surface area contributed by atoms with Gasteiger partial charge in [0.1, 0.15) is 12.4 Å². The van der Waals surface area contributed by atoms with Crippen molar-refractivity contribution in [2.24, 2.45) is 5.73 Å². The molecule has 0 amide bonds. The first-order valence-corrected chi connectivity index (χ1v) is 10.2. The van der Waals surface area contributed by atoms with Gasteiger partial charge in [-0.3, -0.25) is 4.98 Å². The number of pyridine rings is 1. The summed E-state index contributed by atoms with van der Waals surface area (Å²) in [5, 5.41) is 5.36. The van der Waals surface area contributed by atoms with E-state index in [0.29, 0.717) is 6.61 Å². The molecule has 0 atom stereocenters. The average Bonchev–Trinajstić information content (AvgIpc) is 2.74. The van der Waals surface area contributed by atoms with Crippen LogP contribution >= 0.6 is 11.8 Å². The topological polar surface area (TPSA) is 60.2 Å². The SMILES string of the molecule is C=C/C=C(\C/C=C\COc1ccccc1)CNCS/C=C(\N)c1cccnc1. The molecule has 1 heterocycles. The molecule has 2 rings (SSSR count). The lowest BCUT2D eigenvalue weighted by Gasteiger charge is -2.07. The van der Waals surface area contributed by atoms with E-state index >= 15 is 0 Å². The number of ether oxygens (including phenoxy) is 1. The van der Waals surface area contributed by atoms with Crippen molar-refractivity contribution < 1.29 is 4.74 Å². The quantitative estimate of drug-likeness (QED) is 0.236. The van der Waals surface area contributed by atoms with E-state index in [-0.39, 0.29) is 0 Å². The molecule has 1 aromatic heterocycles. The summed E-state index contributed by atoms with van der Waals surface area (Å²) in [4.78, 5) is 4.07. The van der Waals surface area contributed by atoms with Crippen molar-refractivity contribution in [3.63, 3.8) is 0 Å². The standard InChI is InChI=1S/C23H27N3OS/c1-2-9-20(10-6-7-15-27-22-12-4-3-5-13-22)16-26-19-28-18-23(24)21-11-8-14-25-17-21/h2-9,11-14,17-18,26H,1,10,15-16,19,24H2/b7-6-,20-9+,23-18-. The molecular formula is C23H27N3OS. The molecule has 2 aromatic rings. The molecule has 0 aliphatic heterocycles. The first-order chi connectivity index (χ1) is 13.8. The van der Waals surface area contributed by atoms with Gasteiger partial charge in [0.15, 0.2) is 0 Å². The van der Waals surface area contributed by atoms with Crippen LogP contribution in [0.25, 0.3) is 5.70 Å². The van der Waals surface area contributed by atoms with Gasteiger partial charge < -0.3 is 15.8 Å². The summed E-state index contributed by atoms with van der Waals surface area (Å²) >= 11 is 1.63. The minimum absolute atomic E-state index is 0.563. The predicted octanol–water partition coefficient (Wildman–Crippen LogP) is 4.76. The number of nitrogens with two attached hydrogens (primary N) is 1. The molecule has 0 aliphatic rings. The minimum atomic E-state index is 0.563. The summed E-state index contributed by atoms with van der Waals surface area (Å²) in [5.74, 6) is 1.65. The summed E-state index contributed by atoms with van der Waals surface area (Å²) in [5.41, 5.74) is 8.97. The molecule has 0 aliphatic carbocycles. The van der Waals surface area contributed by atoms with Crippen LogP contribution in [0.5, 0.6) is 5.75 Å². The minimum Gasteiger partial charge on any atom is -0.490 e. The molecule has 0 spiro atoms. The van der Waals surface area contributed by atoms with Gasteiger partial charge in [-0.25, -0.2) is 0 Å². The fraction of sp³-hybridized carbons (Fsp3) is 0.174. The van der Waals surface area contributed by atoms with Gasteiger partial charge in [0.05, 0.1) is 0 Å². The van der Waals surface area contributed by atoms with E-state index < -0.39 is 0 Å². The lowest BCUT2D eigenvalue weighted by atomic mass is 10.1. The molecule has 0 saturated carbocycles. The molecule has 5 heteroatoms. The number of nitrogens with zero attached hydrogens (tertiary/aromatic N) is 1. The van der Waals surface area contributed by atoms with Crippen LogP contribution in [0.2, 0.25) is 0 Å². The van der Waals surface area contributed by atoms with Gasteiger partial charge >= 0.3 is 0 Å². The molecule has 0 unspecified atom stereocenters. The van der Waals surface area contributed by atoms with E-state index in [0.717, 1.165) is 35.9 Å². The number of hydrogen-bond donors (Lipinski definition) is 2. The van der Waals surface area contributed by atoms with Gasteiger partial charge in [0.25, 0.3) is 0 Å². The third kappa shape index (κ3) is 8.75. The Morgan fingerprint density at radius 2 is 2.04 bits per heavy atom. The Morgan fingerprint density at radius 3 is 2.79 bits per heavy atom. The number of para-hydroxylation sites is 1. The molecule has 0 radical (unpaired) electrons. The van der Waals surface area contributed by atoms with Crippen LogP contribution in [0.15, 0.2) is 96.7 Å². The van der Waals surface area contributed by atoms with Crippen LogP contribution in [-0.2, 0) is 0 Å². The fourth-order valence-electron chi connectivity index (χ4n) is 2.33. The van der Waals surface area contributed by atoms with Crippen molar-refractivity contribution in [3.8, 4) is 5.75 Å². The zero-order chi connectivity index (χ0) is 19.9. The predicted molar refractivity (Wildman–Crippen MR) is 121 cm³/mol. The molecule has 0 bridgehead atoms.